The third-order valence-corrected chi connectivity index (χ3v) is 4.44. The average Bonchev–Trinajstić information content (AvgIpc) is 2.54. The van der Waals surface area contributed by atoms with Gasteiger partial charge in [0.2, 0.25) is 0 Å². The van der Waals surface area contributed by atoms with E-state index in [0.29, 0.717) is 6.04 Å². The van der Waals surface area contributed by atoms with Crippen molar-refractivity contribution >= 4 is 16.5 Å². The van der Waals surface area contributed by atoms with Gasteiger partial charge in [-0.25, -0.2) is 0 Å². The van der Waals surface area contributed by atoms with Crippen LogP contribution in [0.1, 0.15) is 18.9 Å². The minimum absolute atomic E-state index is 0.587. The summed E-state index contributed by atoms with van der Waals surface area (Å²) < 4.78 is 0. The van der Waals surface area contributed by atoms with Crippen LogP contribution in [-0.4, -0.2) is 6.04 Å². The van der Waals surface area contributed by atoms with Crippen LogP contribution in [0.5, 0.6) is 0 Å². The topological polar surface area (TPSA) is 12.0 Å². The van der Waals surface area contributed by atoms with Gasteiger partial charge in [-0.15, -0.1) is 0 Å². The van der Waals surface area contributed by atoms with E-state index in [1.54, 1.807) is 0 Å². The van der Waals surface area contributed by atoms with E-state index in [2.05, 4.69) is 72.9 Å². The van der Waals surface area contributed by atoms with Crippen molar-refractivity contribution in [3.63, 3.8) is 0 Å². The molecule has 21 heavy (non-hydrogen) atoms. The number of rotatable bonds is 1. The molecule has 1 nitrogen and oxygen atoms in total. The summed E-state index contributed by atoms with van der Waals surface area (Å²) in [5.41, 5.74) is 5.36. The van der Waals surface area contributed by atoms with Gasteiger partial charge in [0.1, 0.15) is 0 Å². The minimum Gasteiger partial charge on any atom is -0.382 e. The SMILES string of the molecule is CC1CCc2cc(-c3ccc4ccccc4c3)ccc2N1. The van der Waals surface area contributed by atoms with Gasteiger partial charge in [0.05, 0.1) is 0 Å². The molecule has 1 N–H and O–H groups in total. The summed E-state index contributed by atoms with van der Waals surface area (Å²) in [6.45, 7) is 2.25. The summed E-state index contributed by atoms with van der Waals surface area (Å²) in [7, 11) is 0. The highest BCUT2D eigenvalue weighted by Crippen LogP contribution is 2.31. The fourth-order valence-electron chi connectivity index (χ4n) is 3.20. The number of hydrogen-bond donors (Lipinski definition) is 1. The second kappa shape index (κ2) is 4.92. The average molecular weight is 273 g/mol. The van der Waals surface area contributed by atoms with Crippen LogP contribution in [-0.2, 0) is 6.42 Å². The van der Waals surface area contributed by atoms with Crippen molar-refractivity contribution in [2.24, 2.45) is 0 Å². The summed E-state index contributed by atoms with van der Waals surface area (Å²) >= 11 is 0. The molecule has 0 spiro atoms. The first-order valence-electron chi connectivity index (χ1n) is 7.68. The molecule has 0 bridgehead atoms. The van der Waals surface area contributed by atoms with Crippen molar-refractivity contribution in [2.75, 3.05) is 5.32 Å². The summed E-state index contributed by atoms with van der Waals surface area (Å²) in [5.74, 6) is 0. The molecule has 0 amide bonds. The third kappa shape index (κ3) is 2.29. The fourth-order valence-corrected chi connectivity index (χ4v) is 3.20. The number of hydrogen-bond acceptors (Lipinski definition) is 1. The molecule has 1 heteroatoms. The van der Waals surface area contributed by atoms with Gasteiger partial charge in [-0.1, -0.05) is 42.5 Å². The Labute approximate surface area is 125 Å². The quantitative estimate of drug-likeness (QED) is 0.638. The molecule has 4 rings (SSSR count). The normalized spacial score (nSPS) is 17.3. The molecule has 1 aliphatic rings. The molecule has 0 saturated carbocycles. The summed E-state index contributed by atoms with van der Waals surface area (Å²) in [6, 6.07) is 22.7. The van der Waals surface area contributed by atoms with Crippen LogP contribution < -0.4 is 5.32 Å². The Kier molecular flexibility index (Phi) is 2.92. The van der Waals surface area contributed by atoms with E-state index >= 15 is 0 Å². The highest BCUT2D eigenvalue weighted by atomic mass is 14.9. The number of fused-ring (bicyclic) bond motifs is 2. The van der Waals surface area contributed by atoms with Crippen molar-refractivity contribution in [3.8, 4) is 11.1 Å². The van der Waals surface area contributed by atoms with Crippen molar-refractivity contribution in [1.29, 1.82) is 0 Å². The molecule has 0 aromatic heterocycles. The Morgan fingerprint density at radius 2 is 1.62 bits per heavy atom. The van der Waals surface area contributed by atoms with E-state index in [4.69, 9.17) is 0 Å². The number of aryl methyl sites for hydroxylation is 1. The van der Waals surface area contributed by atoms with Crippen LogP contribution in [0.25, 0.3) is 21.9 Å². The molecule has 3 aromatic carbocycles. The maximum Gasteiger partial charge on any atom is 0.0375 e. The molecular formula is C20H19N. The van der Waals surface area contributed by atoms with Gasteiger partial charge in [-0.2, -0.15) is 0 Å². The van der Waals surface area contributed by atoms with Crippen molar-refractivity contribution in [2.45, 2.75) is 25.8 Å². The molecule has 0 aliphatic carbocycles. The van der Waals surface area contributed by atoms with Gasteiger partial charge in [0.15, 0.2) is 0 Å². The molecule has 1 heterocycles. The van der Waals surface area contributed by atoms with E-state index in [1.807, 2.05) is 0 Å². The lowest BCUT2D eigenvalue weighted by atomic mass is 9.94. The molecule has 0 radical (unpaired) electrons. The molecule has 1 unspecified atom stereocenters. The first kappa shape index (κ1) is 12.5. The lowest BCUT2D eigenvalue weighted by molar-refractivity contribution is 0.681. The van der Waals surface area contributed by atoms with Gasteiger partial charge in [-0.05, 0) is 65.4 Å². The molecule has 0 saturated heterocycles. The monoisotopic (exact) mass is 273 g/mol. The molecule has 0 fully saturated rings. The molecule has 1 aliphatic heterocycles. The Morgan fingerprint density at radius 1 is 0.857 bits per heavy atom. The lowest BCUT2D eigenvalue weighted by Crippen LogP contribution is -2.21. The van der Waals surface area contributed by atoms with Crippen LogP contribution in [0.4, 0.5) is 5.69 Å². The van der Waals surface area contributed by atoms with E-state index in [1.165, 1.54) is 46.0 Å². The predicted octanol–water partition coefficient (Wildman–Crippen LogP) is 5.25. The van der Waals surface area contributed by atoms with Crippen LogP contribution in [0.2, 0.25) is 0 Å². The van der Waals surface area contributed by atoms with Crippen LogP contribution in [0, 0.1) is 0 Å². The van der Waals surface area contributed by atoms with Gasteiger partial charge in [0.25, 0.3) is 0 Å². The first-order chi connectivity index (χ1) is 10.3. The van der Waals surface area contributed by atoms with Gasteiger partial charge >= 0.3 is 0 Å². The zero-order valence-electron chi connectivity index (χ0n) is 12.3. The zero-order valence-corrected chi connectivity index (χ0v) is 12.3. The third-order valence-electron chi connectivity index (χ3n) is 4.44. The van der Waals surface area contributed by atoms with Gasteiger partial charge in [-0.3, -0.25) is 0 Å². The van der Waals surface area contributed by atoms with E-state index in [-0.39, 0.29) is 0 Å². The Morgan fingerprint density at radius 3 is 2.52 bits per heavy atom. The van der Waals surface area contributed by atoms with Crippen molar-refractivity contribution in [3.05, 3.63) is 66.2 Å². The van der Waals surface area contributed by atoms with E-state index in [9.17, 15) is 0 Å². The standard InChI is InChI=1S/C20H19N/c1-14-6-7-19-13-18(10-11-20(19)21-14)17-9-8-15-4-2-3-5-16(15)12-17/h2-5,8-14,21H,6-7H2,1H3. The van der Waals surface area contributed by atoms with Crippen LogP contribution >= 0.6 is 0 Å². The van der Waals surface area contributed by atoms with Gasteiger partial charge < -0.3 is 5.32 Å². The van der Waals surface area contributed by atoms with Crippen LogP contribution in [0.15, 0.2) is 60.7 Å². The number of nitrogens with one attached hydrogen (secondary N) is 1. The highest BCUT2D eigenvalue weighted by molar-refractivity contribution is 5.87. The van der Waals surface area contributed by atoms with E-state index in [0.717, 1.165) is 0 Å². The van der Waals surface area contributed by atoms with Crippen molar-refractivity contribution < 1.29 is 0 Å². The lowest BCUT2D eigenvalue weighted by Gasteiger charge is -2.24. The molecular weight excluding hydrogens is 254 g/mol. The fraction of sp³-hybridized carbons (Fsp3) is 0.200. The summed E-state index contributed by atoms with van der Waals surface area (Å²) in [5, 5.41) is 6.17. The zero-order chi connectivity index (χ0) is 14.2. The van der Waals surface area contributed by atoms with Crippen LogP contribution in [0.3, 0.4) is 0 Å². The molecule has 3 aromatic rings. The Balaban J connectivity index is 1.78. The smallest absolute Gasteiger partial charge is 0.0375 e. The number of benzene rings is 3. The second-order valence-electron chi connectivity index (χ2n) is 6.02. The van der Waals surface area contributed by atoms with Gasteiger partial charge in [0, 0.05) is 11.7 Å². The second-order valence-corrected chi connectivity index (χ2v) is 6.02. The highest BCUT2D eigenvalue weighted by Gasteiger charge is 2.14. The Hall–Kier alpha value is -2.28. The molecule has 1 atom stereocenters. The number of anilines is 1. The van der Waals surface area contributed by atoms with Crippen molar-refractivity contribution in [1.82, 2.24) is 0 Å². The minimum atomic E-state index is 0.587. The molecule has 104 valence electrons. The first-order valence-corrected chi connectivity index (χ1v) is 7.68. The maximum atomic E-state index is 3.57. The predicted molar refractivity (Wildman–Crippen MR) is 90.8 cm³/mol. The summed E-state index contributed by atoms with van der Waals surface area (Å²) in [6.07, 6.45) is 2.39. The maximum absolute atomic E-state index is 3.57. The van der Waals surface area contributed by atoms with E-state index < -0.39 is 0 Å². The Bertz CT molecular complexity index is 804. The summed E-state index contributed by atoms with van der Waals surface area (Å²) in [4.78, 5) is 0. The largest absolute Gasteiger partial charge is 0.382 e.